The van der Waals surface area contributed by atoms with Crippen LogP contribution in [-0.2, 0) is 11.3 Å². The van der Waals surface area contributed by atoms with Crippen LogP contribution in [-0.4, -0.2) is 19.8 Å². The zero-order valence-electron chi connectivity index (χ0n) is 9.72. The highest BCUT2D eigenvalue weighted by Gasteiger charge is 2.13. The third-order valence-electron chi connectivity index (χ3n) is 3.00. The highest BCUT2D eigenvalue weighted by molar-refractivity contribution is 6.30. The maximum absolute atomic E-state index is 13.2. The molecule has 94 valence electrons. The second-order valence-electron chi connectivity index (χ2n) is 4.46. The summed E-state index contributed by atoms with van der Waals surface area (Å²) in [7, 11) is 0. The molecule has 1 aromatic rings. The molecule has 1 N–H and O–H groups in total. The normalized spacial score (nSPS) is 20.5. The van der Waals surface area contributed by atoms with E-state index >= 15 is 0 Å². The summed E-state index contributed by atoms with van der Waals surface area (Å²) >= 11 is 5.62. The van der Waals surface area contributed by atoms with E-state index in [1.165, 1.54) is 12.5 Å². The molecular formula is C13H17ClFNO. The van der Waals surface area contributed by atoms with Crippen molar-refractivity contribution in [2.75, 3.05) is 19.8 Å². The van der Waals surface area contributed by atoms with E-state index in [0.29, 0.717) is 12.5 Å². The Morgan fingerprint density at radius 3 is 3.06 bits per heavy atom. The van der Waals surface area contributed by atoms with Gasteiger partial charge in [0.05, 0.1) is 11.6 Å². The summed E-state index contributed by atoms with van der Waals surface area (Å²) < 4.78 is 18.6. The lowest BCUT2D eigenvalue weighted by Crippen LogP contribution is -2.28. The van der Waals surface area contributed by atoms with Gasteiger partial charge in [-0.15, -0.1) is 0 Å². The van der Waals surface area contributed by atoms with Crippen molar-refractivity contribution in [1.29, 1.82) is 0 Å². The molecule has 4 heteroatoms. The number of rotatable bonds is 4. The first-order chi connectivity index (χ1) is 8.25. The lowest BCUT2D eigenvalue weighted by atomic mass is 10.0. The average molecular weight is 258 g/mol. The standard InChI is InChI=1S/C13H17ClFNO/c14-12-4-3-10(6-13(12)15)7-16-8-11-2-1-5-17-9-11/h3-4,6,11,16H,1-2,5,7-9H2. The topological polar surface area (TPSA) is 21.3 Å². The number of hydrogen-bond acceptors (Lipinski definition) is 2. The Labute approximate surface area is 106 Å². The van der Waals surface area contributed by atoms with Crippen LogP contribution < -0.4 is 5.32 Å². The molecule has 1 fully saturated rings. The van der Waals surface area contributed by atoms with Crippen molar-refractivity contribution >= 4 is 11.6 Å². The van der Waals surface area contributed by atoms with E-state index in [2.05, 4.69) is 5.32 Å². The number of halogens is 2. The van der Waals surface area contributed by atoms with Gasteiger partial charge in [-0.2, -0.15) is 0 Å². The molecular weight excluding hydrogens is 241 g/mol. The monoisotopic (exact) mass is 257 g/mol. The fourth-order valence-electron chi connectivity index (χ4n) is 2.04. The first-order valence-corrected chi connectivity index (χ1v) is 6.36. The molecule has 2 rings (SSSR count). The summed E-state index contributed by atoms with van der Waals surface area (Å²) in [5.74, 6) is 0.230. The molecule has 2 nitrogen and oxygen atoms in total. The maximum Gasteiger partial charge on any atom is 0.142 e. The van der Waals surface area contributed by atoms with E-state index in [1.54, 1.807) is 6.07 Å². The van der Waals surface area contributed by atoms with Crippen LogP contribution in [0.5, 0.6) is 0 Å². The van der Waals surface area contributed by atoms with Gasteiger partial charge in [0.15, 0.2) is 0 Å². The molecule has 0 saturated carbocycles. The number of ether oxygens (including phenoxy) is 1. The van der Waals surface area contributed by atoms with Crippen molar-refractivity contribution < 1.29 is 9.13 Å². The highest BCUT2D eigenvalue weighted by atomic mass is 35.5. The number of benzene rings is 1. The first-order valence-electron chi connectivity index (χ1n) is 5.98. The van der Waals surface area contributed by atoms with Crippen LogP contribution in [0.2, 0.25) is 5.02 Å². The molecule has 1 saturated heterocycles. The first kappa shape index (κ1) is 12.8. The number of hydrogen-bond donors (Lipinski definition) is 1. The van der Waals surface area contributed by atoms with Crippen molar-refractivity contribution in [1.82, 2.24) is 5.32 Å². The minimum Gasteiger partial charge on any atom is -0.381 e. The Morgan fingerprint density at radius 1 is 1.47 bits per heavy atom. The Balaban J connectivity index is 1.75. The third-order valence-corrected chi connectivity index (χ3v) is 3.31. The molecule has 0 amide bonds. The third kappa shape index (κ3) is 3.95. The highest BCUT2D eigenvalue weighted by Crippen LogP contribution is 2.16. The van der Waals surface area contributed by atoms with Crippen molar-refractivity contribution in [2.45, 2.75) is 19.4 Å². The summed E-state index contributed by atoms with van der Waals surface area (Å²) in [5.41, 5.74) is 0.920. The van der Waals surface area contributed by atoms with Crippen LogP contribution in [0.4, 0.5) is 4.39 Å². The van der Waals surface area contributed by atoms with Crippen molar-refractivity contribution in [3.05, 3.63) is 34.6 Å². The predicted molar refractivity (Wildman–Crippen MR) is 66.7 cm³/mol. The molecule has 1 aliphatic rings. The second-order valence-corrected chi connectivity index (χ2v) is 4.87. The molecule has 0 radical (unpaired) electrons. The Morgan fingerprint density at radius 2 is 2.35 bits per heavy atom. The molecule has 1 aliphatic heterocycles. The lowest BCUT2D eigenvalue weighted by molar-refractivity contribution is 0.0547. The molecule has 1 atom stereocenters. The van der Waals surface area contributed by atoms with Crippen molar-refractivity contribution in [3.8, 4) is 0 Å². The van der Waals surface area contributed by atoms with E-state index in [4.69, 9.17) is 16.3 Å². The van der Waals surface area contributed by atoms with Gasteiger partial charge in [-0.1, -0.05) is 17.7 Å². The van der Waals surface area contributed by atoms with Gasteiger partial charge in [-0.05, 0) is 36.5 Å². The van der Waals surface area contributed by atoms with E-state index in [1.807, 2.05) is 6.07 Å². The van der Waals surface area contributed by atoms with Crippen LogP contribution in [0.15, 0.2) is 18.2 Å². The van der Waals surface area contributed by atoms with Crippen LogP contribution in [0.25, 0.3) is 0 Å². The van der Waals surface area contributed by atoms with E-state index < -0.39 is 0 Å². The van der Waals surface area contributed by atoms with Gasteiger partial charge in [0.1, 0.15) is 5.82 Å². The van der Waals surface area contributed by atoms with Crippen LogP contribution in [0, 0.1) is 11.7 Å². The maximum atomic E-state index is 13.2. The fourth-order valence-corrected chi connectivity index (χ4v) is 2.16. The van der Waals surface area contributed by atoms with Gasteiger partial charge < -0.3 is 10.1 Å². The van der Waals surface area contributed by atoms with Gasteiger partial charge in [0.25, 0.3) is 0 Å². The van der Waals surface area contributed by atoms with Crippen LogP contribution in [0.3, 0.4) is 0 Å². The molecule has 0 aliphatic carbocycles. The Bertz CT molecular complexity index is 366. The summed E-state index contributed by atoms with van der Waals surface area (Å²) in [6.07, 6.45) is 2.35. The van der Waals surface area contributed by atoms with Gasteiger partial charge in [0, 0.05) is 19.7 Å². The Hall–Kier alpha value is -0.640. The molecule has 0 bridgehead atoms. The zero-order valence-corrected chi connectivity index (χ0v) is 10.5. The molecule has 17 heavy (non-hydrogen) atoms. The predicted octanol–water partition coefficient (Wildman–Crippen LogP) is 3.00. The summed E-state index contributed by atoms with van der Waals surface area (Å²) in [4.78, 5) is 0. The summed E-state index contributed by atoms with van der Waals surface area (Å²) in [6.45, 7) is 3.32. The lowest BCUT2D eigenvalue weighted by Gasteiger charge is -2.22. The molecule has 1 unspecified atom stereocenters. The minimum atomic E-state index is -0.355. The van der Waals surface area contributed by atoms with E-state index in [-0.39, 0.29) is 10.8 Å². The Kier molecular flexibility index (Phi) is 4.77. The van der Waals surface area contributed by atoms with E-state index in [0.717, 1.165) is 31.7 Å². The fraction of sp³-hybridized carbons (Fsp3) is 0.538. The van der Waals surface area contributed by atoms with Gasteiger partial charge in [-0.3, -0.25) is 0 Å². The summed E-state index contributed by atoms with van der Waals surface area (Å²) in [5, 5.41) is 3.50. The smallest absolute Gasteiger partial charge is 0.142 e. The molecule has 1 heterocycles. The van der Waals surface area contributed by atoms with Gasteiger partial charge in [-0.25, -0.2) is 4.39 Å². The van der Waals surface area contributed by atoms with Crippen LogP contribution in [0.1, 0.15) is 18.4 Å². The average Bonchev–Trinajstić information content (AvgIpc) is 2.35. The number of nitrogens with one attached hydrogen (secondary N) is 1. The van der Waals surface area contributed by atoms with Crippen LogP contribution >= 0.6 is 11.6 Å². The quantitative estimate of drug-likeness (QED) is 0.895. The van der Waals surface area contributed by atoms with Crippen molar-refractivity contribution in [3.63, 3.8) is 0 Å². The summed E-state index contributed by atoms with van der Waals surface area (Å²) in [6, 6.07) is 4.92. The molecule has 0 spiro atoms. The zero-order chi connectivity index (χ0) is 12.1. The molecule has 0 aromatic heterocycles. The van der Waals surface area contributed by atoms with Gasteiger partial charge in [0.2, 0.25) is 0 Å². The molecule has 1 aromatic carbocycles. The van der Waals surface area contributed by atoms with Crippen molar-refractivity contribution in [2.24, 2.45) is 5.92 Å². The largest absolute Gasteiger partial charge is 0.381 e. The SMILES string of the molecule is Fc1cc(CNCC2CCCOC2)ccc1Cl. The second kappa shape index (κ2) is 6.34. The minimum absolute atomic E-state index is 0.175. The van der Waals surface area contributed by atoms with Gasteiger partial charge >= 0.3 is 0 Å². The van der Waals surface area contributed by atoms with E-state index in [9.17, 15) is 4.39 Å².